The number of aliphatic hydroxyl groups excluding tert-OH is 1. The molecule has 250 valence electrons. The number of rotatable bonds is 14. The SMILES string of the molecule is CCOc1cc([C@@H]2NC(=O)NC(C)=C2C(=O)OC)ccc1OC[C@H](O)N/N=C/c1cc(Br)c(OCc2ccccc2C#N)c([N+](=O)[O-])c1. The summed E-state index contributed by atoms with van der Waals surface area (Å²) in [6, 6.07) is 15.2. The van der Waals surface area contributed by atoms with E-state index in [1.54, 1.807) is 62.4 Å². The molecule has 2 amide bonds. The van der Waals surface area contributed by atoms with Crippen molar-refractivity contribution in [3.63, 3.8) is 0 Å². The predicted molar refractivity (Wildman–Crippen MR) is 175 cm³/mol. The number of esters is 1. The Morgan fingerprint density at radius 1 is 1.21 bits per heavy atom. The van der Waals surface area contributed by atoms with E-state index >= 15 is 0 Å². The van der Waals surface area contributed by atoms with Crippen LogP contribution in [0.2, 0.25) is 0 Å². The molecular weight excluding hydrogens is 692 g/mol. The first-order chi connectivity index (χ1) is 23.1. The van der Waals surface area contributed by atoms with E-state index in [-0.39, 0.29) is 47.1 Å². The van der Waals surface area contributed by atoms with E-state index in [4.69, 9.17) is 18.9 Å². The summed E-state index contributed by atoms with van der Waals surface area (Å²) in [5.41, 5.74) is 4.58. The number of aliphatic hydroxyl groups is 1. The monoisotopic (exact) mass is 722 g/mol. The van der Waals surface area contributed by atoms with E-state index in [1.165, 1.54) is 19.4 Å². The van der Waals surface area contributed by atoms with Gasteiger partial charge in [0.25, 0.3) is 0 Å². The number of nitriles is 1. The number of urea groups is 1. The molecule has 0 saturated heterocycles. The van der Waals surface area contributed by atoms with Crippen LogP contribution < -0.4 is 30.3 Å². The zero-order chi connectivity index (χ0) is 34.8. The maximum Gasteiger partial charge on any atom is 0.337 e. The average Bonchev–Trinajstić information content (AvgIpc) is 3.06. The molecule has 2 atom stereocenters. The van der Waals surface area contributed by atoms with Crippen LogP contribution in [0.3, 0.4) is 0 Å². The molecule has 0 spiro atoms. The highest BCUT2D eigenvalue weighted by molar-refractivity contribution is 9.10. The van der Waals surface area contributed by atoms with Crippen molar-refractivity contribution in [2.75, 3.05) is 20.3 Å². The lowest BCUT2D eigenvalue weighted by molar-refractivity contribution is -0.386. The summed E-state index contributed by atoms with van der Waals surface area (Å²) in [6.07, 6.45) is -0.0189. The quantitative estimate of drug-likeness (QED) is 0.0606. The van der Waals surface area contributed by atoms with Gasteiger partial charge >= 0.3 is 17.7 Å². The summed E-state index contributed by atoms with van der Waals surface area (Å²) in [5, 5.41) is 40.8. The van der Waals surface area contributed by atoms with Crippen LogP contribution >= 0.6 is 15.9 Å². The van der Waals surface area contributed by atoms with Crippen molar-refractivity contribution in [2.24, 2.45) is 5.10 Å². The van der Waals surface area contributed by atoms with Crippen molar-refractivity contribution >= 4 is 39.8 Å². The van der Waals surface area contributed by atoms with Gasteiger partial charge in [0.15, 0.2) is 17.7 Å². The second kappa shape index (κ2) is 16.3. The van der Waals surface area contributed by atoms with E-state index in [1.807, 2.05) is 0 Å². The topological polar surface area (TPSA) is 207 Å². The van der Waals surface area contributed by atoms with Gasteiger partial charge in [-0.2, -0.15) is 10.4 Å². The van der Waals surface area contributed by atoms with Crippen LogP contribution in [-0.4, -0.2) is 54.8 Å². The fourth-order valence-corrected chi connectivity index (χ4v) is 5.26. The predicted octanol–water partition coefficient (Wildman–Crippen LogP) is 4.33. The Labute approximate surface area is 283 Å². The van der Waals surface area contributed by atoms with Crippen LogP contribution in [0.4, 0.5) is 10.5 Å². The third-order valence-corrected chi connectivity index (χ3v) is 7.45. The number of carbonyl (C=O) groups excluding carboxylic acids is 2. The maximum absolute atomic E-state index is 12.5. The normalized spacial score (nSPS) is 14.8. The largest absolute Gasteiger partial charge is 0.490 e. The molecule has 0 fully saturated rings. The highest BCUT2D eigenvalue weighted by Gasteiger charge is 2.32. The van der Waals surface area contributed by atoms with Crippen molar-refractivity contribution in [3.05, 3.63) is 103 Å². The van der Waals surface area contributed by atoms with E-state index in [9.17, 15) is 30.1 Å². The number of hydrogen-bond acceptors (Lipinski definition) is 12. The molecule has 16 heteroatoms. The number of ether oxygens (including phenoxy) is 4. The number of nitro groups is 1. The molecule has 0 bridgehead atoms. The molecule has 3 aromatic carbocycles. The second-order valence-corrected chi connectivity index (χ2v) is 10.9. The molecule has 0 saturated carbocycles. The standard InChI is InChI=1S/C32H31BrN6O9/c1-4-46-26-13-20(29-28(31(41)45-3)18(2)36-32(42)37-29)9-10-25(26)47-17-27(40)38-35-15-19-11-23(33)30(24(12-19)39(43)44)48-16-22-8-6-5-7-21(22)14-34/h5-13,15,27,29,38,40H,4,16-17H2,1-3H3,(H2,36,37,42)/b35-15+/t27-,29-/m0/s1. The number of halogens is 1. The van der Waals surface area contributed by atoms with Crippen molar-refractivity contribution in [1.29, 1.82) is 5.26 Å². The molecular formula is C32H31BrN6O9. The first-order valence-electron chi connectivity index (χ1n) is 14.4. The van der Waals surface area contributed by atoms with Crippen LogP contribution in [0.25, 0.3) is 0 Å². The second-order valence-electron chi connectivity index (χ2n) is 10.1. The zero-order valence-electron chi connectivity index (χ0n) is 26.0. The number of allylic oxidation sites excluding steroid dienone is 1. The number of hydrogen-bond donors (Lipinski definition) is 4. The molecule has 1 aliphatic rings. The summed E-state index contributed by atoms with van der Waals surface area (Å²) in [7, 11) is 1.25. The first-order valence-corrected chi connectivity index (χ1v) is 15.2. The van der Waals surface area contributed by atoms with Gasteiger partial charge in [-0.05, 0) is 59.6 Å². The Morgan fingerprint density at radius 3 is 2.69 bits per heavy atom. The molecule has 48 heavy (non-hydrogen) atoms. The van der Waals surface area contributed by atoms with Gasteiger partial charge in [0.1, 0.15) is 13.2 Å². The zero-order valence-corrected chi connectivity index (χ0v) is 27.6. The Balaban J connectivity index is 1.42. The summed E-state index contributed by atoms with van der Waals surface area (Å²) in [6.45, 7) is 3.32. The number of nitrogens with one attached hydrogen (secondary N) is 3. The minimum absolute atomic E-state index is 0.0161. The number of carbonyl (C=O) groups is 2. The first kappa shape index (κ1) is 35.2. The minimum atomic E-state index is -1.29. The Kier molecular flexibility index (Phi) is 11.9. The number of hydrazone groups is 1. The summed E-state index contributed by atoms with van der Waals surface area (Å²) >= 11 is 3.31. The molecule has 0 aliphatic carbocycles. The highest BCUT2D eigenvalue weighted by Crippen LogP contribution is 2.37. The van der Waals surface area contributed by atoms with E-state index < -0.39 is 29.2 Å². The fourth-order valence-electron chi connectivity index (χ4n) is 4.68. The highest BCUT2D eigenvalue weighted by atomic mass is 79.9. The van der Waals surface area contributed by atoms with Gasteiger partial charge in [-0.3, -0.25) is 15.5 Å². The van der Waals surface area contributed by atoms with Gasteiger partial charge in [-0.25, -0.2) is 9.59 Å². The molecule has 0 unspecified atom stereocenters. The number of nitrogens with zero attached hydrogens (tertiary/aromatic N) is 3. The lowest BCUT2D eigenvalue weighted by atomic mass is 9.95. The van der Waals surface area contributed by atoms with E-state index in [0.717, 1.165) is 0 Å². The number of methoxy groups -OCH3 is 1. The lowest BCUT2D eigenvalue weighted by Gasteiger charge is -2.28. The van der Waals surface area contributed by atoms with Gasteiger partial charge in [-0.1, -0.05) is 24.3 Å². The van der Waals surface area contributed by atoms with Crippen molar-refractivity contribution in [2.45, 2.75) is 32.7 Å². The Morgan fingerprint density at radius 2 is 1.98 bits per heavy atom. The van der Waals surface area contributed by atoms with Gasteiger partial charge in [-0.15, -0.1) is 0 Å². The van der Waals surface area contributed by atoms with Crippen LogP contribution in [0.5, 0.6) is 17.2 Å². The molecule has 3 aromatic rings. The lowest BCUT2D eigenvalue weighted by Crippen LogP contribution is -2.45. The molecule has 4 N–H and O–H groups in total. The number of amides is 2. The van der Waals surface area contributed by atoms with Gasteiger partial charge < -0.3 is 34.7 Å². The molecule has 15 nitrogen and oxygen atoms in total. The molecule has 1 heterocycles. The van der Waals surface area contributed by atoms with Gasteiger partial charge in [0.2, 0.25) is 5.75 Å². The third kappa shape index (κ3) is 8.57. The van der Waals surface area contributed by atoms with Crippen LogP contribution in [-0.2, 0) is 16.1 Å². The minimum Gasteiger partial charge on any atom is -0.490 e. The van der Waals surface area contributed by atoms with Crippen molar-refractivity contribution < 1.29 is 38.6 Å². The summed E-state index contributed by atoms with van der Waals surface area (Å²) in [5.74, 6) is -0.0467. The van der Waals surface area contributed by atoms with Crippen LogP contribution in [0, 0.1) is 21.4 Å². The smallest absolute Gasteiger partial charge is 0.337 e. The van der Waals surface area contributed by atoms with E-state index in [2.05, 4.69) is 43.2 Å². The summed E-state index contributed by atoms with van der Waals surface area (Å²) < 4.78 is 22.4. The fraction of sp³-hybridized carbons (Fsp3) is 0.250. The Bertz CT molecular complexity index is 1810. The van der Waals surface area contributed by atoms with Crippen molar-refractivity contribution in [1.82, 2.24) is 16.1 Å². The number of nitro benzene ring substituents is 1. The molecule has 1 aliphatic heterocycles. The van der Waals surface area contributed by atoms with Crippen molar-refractivity contribution in [3.8, 4) is 23.3 Å². The molecule has 4 rings (SSSR count). The van der Waals surface area contributed by atoms with Gasteiger partial charge in [0.05, 0.1) is 52.6 Å². The maximum atomic E-state index is 12.5. The van der Waals surface area contributed by atoms with Crippen LogP contribution in [0.1, 0.15) is 42.1 Å². The number of benzene rings is 3. The molecule has 0 aromatic heterocycles. The van der Waals surface area contributed by atoms with Crippen LogP contribution in [0.15, 0.2) is 75.4 Å². The molecule has 0 radical (unpaired) electrons. The third-order valence-electron chi connectivity index (χ3n) is 6.86. The average molecular weight is 724 g/mol. The van der Waals surface area contributed by atoms with E-state index in [0.29, 0.717) is 33.7 Å². The Hall–Kier alpha value is -5.66. The summed E-state index contributed by atoms with van der Waals surface area (Å²) in [4.78, 5) is 35.8. The van der Waals surface area contributed by atoms with Gasteiger partial charge in [0, 0.05) is 22.9 Å².